The molecule has 98 valence electrons. The van der Waals surface area contributed by atoms with E-state index in [4.69, 9.17) is 10.5 Å². The lowest BCUT2D eigenvalue weighted by atomic mass is 10.1. The number of nitrogen functional groups attached to an aromatic ring is 1. The Morgan fingerprint density at radius 1 is 1.37 bits per heavy atom. The van der Waals surface area contributed by atoms with E-state index in [2.05, 4.69) is 10.3 Å². The maximum atomic E-state index is 12.1. The van der Waals surface area contributed by atoms with Crippen molar-refractivity contribution in [1.82, 2.24) is 4.98 Å². The molecule has 0 aliphatic rings. The quantitative estimate of drug-likeness (QED) is 0.827. The first-order valence-electron chi connectivity index (χ1n) is 5.77. The van der Waals surface area contributed by atoms with Crippen molar-refractivity contribution in [3.8, 4) is 5.75 Å². The lowest BCUT2D eigenvalue weighted by Crippen LogP contribution is -2.13. The highest BCUT2D eigenvalue weighted by atomic mass is 16.5. The Morgan fingerprint density at radius 2 is 2.16 bits per heavy atom. The molecule has 2 rings (SSSR count). The fourth-order valence-corrected chi connectivity index (χ4v) is 1.68. The van der Waals surface area contributed by atoms with Gasteiger partial charge >= 0.3 is 0 Å². The van der Waals surface area contributed by atoms with Crippen LogP contribution >= 0.6 is 0 Å². The van der Waals surface area contributed by atoms with Gasteiger partial charge in [-0.1, -0.05) is 0 Å². The zero-order chi connectivity index (χ0) is 13.8. The summed E-state index contributed by atoms with van der Waals surface area (Å²) in [5.74, 6) is 0.334. The van der Waals surface area contributed by atoms with Crippen LogP contribution in [0.5, 0.6) is 5.75 Å². The number of aromatic nitrogens is 1. The van der Waals surface area contributed by atoms with Crippen LogP contribution < -0.4 is 15.8 Å². The van der Waals surface area contributed by atoms with Crippen molar-refractivity contribution >= 4 is 17.3 Å². The molecule has 0 fully saturated rings. The fraction of sp³-hybridized carbons (Fsp3) is 0.143. The van der Waals surface area contributed by atoms with E-state index in [1.54, 1.807) is 36.7 Å². The monoisotopic (exact) mass is 257 g/mol. The summed E-state index contributed by atoms with van der Waals surface area (Å²) >= 11 is 0. The van der Waals surface area contributed by atoms with E-state index in [1.807, 2.05) is 6.92 Å². The first kappa shape index (κ1) is 12.9. The molecule has 0 aliphatic carbocycles. The number of rotatable bonds is 3. The minimum absolute atomic E-state index is 0.219. The summed E-state index contributed by atoms with van der Waals surface area (Å²) in [7, 11) is 1.53. The number of carbonyl (C=O) groups excluding carboxylic acids is 1. The van der Waals surface area contributed by atoms with Crippen molar-refractivity contribution in [2.75, 3.05) is 18.2 Å². The molecule has 5 nitrogen and oxygen atoms in total. The molecule has 0 saturated carbocycles. The normalized spacial score (nSPS) is 10.0. The number of anilines is 2. The van der Waals surface area contributed by atoms with Crippen molar-refractivity contribution in [3.63, 3.8) is 0 Å². The van der Waals surface area contributed by atoms with Crippen LogP contribution in [0, 0.1) is 6.92 Å². The maximum absolute atomic E-state index is 12.1. The van der Waals surface area contributed by atoms with Gasteiger partial charge in [0.2, 0.25) is 0 Å². The van der Waals surface area contributed by atoms with Gasteiger partial charge in [0.15, 0.2) is 0 Å². The van der Waals surface area contributed by atoms with Crippen LogP contribution in [-0.2, 0) is 0 Å². The van der Waals surface area contributed by atoms with E-state index >= 15 is 0 Å². The summed E-state index contributed by atoms with van der Waals surface area (Å²) in [6.45, 7) is 1.88. The second-order valence-corrected chi connectivity index (χ2v) is 4.10. The second-order valence-electron chi connectivity index (χ2n) is 4.10. The Morgan fingerprint density at radius 3 is 2.79 bits per heavy atom. The third-order valence-corrected chi connectivity index (χ3v) is 2.76. The van der Waals surface area contributed by atoms with Crippen molar-refractivity contribution < 1.29 is 9.53 Å². The number of hydrogen-bond donors (Lipinski definition) is 2. The molecule has 0 unspecified atom stereocenters. The van der Waals surface area contributed by atoms with Gasteiger partial charge in [-0.15, -0.1) is 0 Å². The average molecular weight is 257 g/mol. The summed E-state index contributed by atoms with van der Waals surface area (Å²) in [4.78, 5) is 16.1. The number of hydrogen-bond acceptors (Lipinski definition) is 4. The smallest absolute Gasteiger partial charge is 0.255 e. The Kier molecular flexibility index (Phi) is 3.66. The molecular weight excluding hydrogens is 242 g/mol. The van der Waals surface area contributed by atoms with Gasteiger partial charge in [-0.2, -0.15) is 0 Å². The van der Waals surface area contributed by atoms with Crippen LogP contribution in [0.15, 0.2) is 36.7 Å². The average Bonchev–Trinajstić information content (AvgIpc) is 2.41. The van der Waals surface area contributed by atoms with Gasteiger partial charge in [0.25, 0.3) is 5.91 Å². The van der Waals surface area contributed by atoms with Gasteiger partial charge in [0.05, 0.1) is 12.8 Å². The second kappa shape index (κ2) is 5.39. The van der Waals surface area contributed by atoms with E-state index in [0.717, 1.165) is 11.3 Å². The largest absolute Gasteiger partial charge is 0.495 e. The van der Waals surface area contributed by atoms with Crippen molar-refractivity contribution in [3.05, 3.63) is 47.8 Å². The molecule has 0 bridgehead atoms. The molecular formula is C14H15N3O2. The Hall–Kier alpha value is -2.56. The van der Waals surface area contributed by atoms with Gasteiger partial charge in [0, 0.05) is 23.6 Å². The number of ether oxygens (including phenoxy) is 1. The topological polar surface area (TPSA) is 77.2 Å². The molecule has 3 N–H and O–H groups in total. The molecule has 1 amide bonds. The van der Waals surface area contributed by atoms with Gasteiger partial charge in [-0.05, 0) is 36.8 Å². The Balaban J connectivity index is 2.21. The zero-order valence-corrected chi connectivity index (χ0v) is 10.8. The molecule has 0 radical (unpaired) electrons. The molecule has 0 aliphatic heterocycles. The third kappa shape index (κ3) is 2.82. The van der Waals surface area contributed by atoms with Crippen LogP contribution in [0.25, 0.3) is 0 Å². The highest BCUT2D eigenvalue weighted by molar-refractivity contribution is 6.05. The number of carbonyl (C=O) groups is 1. The van der Waals surface area contributed by atoms with Crippen molar-refractivity contribution in [2.24, 2.45) is 0 Å². The minimum atomic E-state index is -0.219. The number of methoxy groups -OCH3 is 1. The van der Waals surface area contributed by atoms with Crippen LogP contribution in [-0.4, -0.2) is 18.0 Å². The van der Waals surface area contributed by atoms with Crippen LogP contribution in [0.4, 0.5) is 11.4 Å². The standard InChI is InChI=1S/C14H15N3O2/c1-9-8-16-6-5-12(9)17-14(18)10-3-4-13(19-2)11(15)7-10/h3-8H,15H2,1-2H3,(H,16,17,18). The minimum Gasteiger partial charge on any atom is -0.495 e. The number of amides is 1. The SMILES string of the molecule is COc1ccc(C(=O)Nc2ccncc2C)cc1N. The van der Waals surface area contributed by atoms with Gasteiger partial charge in [0.1, 0.15) is 5.75 Å². The molecule has 0 spiro atoms. The van der Waals surface area contributed by atoms with E-state index in [1.165, 1.54) is 7.11 Å². The van der Waals surface area contributed by atoms with Gasteiger partial charge < -0.3 is 15.8 Å². The van der Waals surface area contributed by atoms with E-state index in [0.29, 0.717) is 17.0 Å². The van der Waals surface area contributed by atoms with Gasteiger partial charge in [-0.3, -0.25) is 9.78 Å². The highest BCUT2D eigenvalue weighted by Gasteiger charge is 2.09. The van der Waals surface area contributed by atoms with Crippen molar-refractivity contribution in [1.29, 1.82) is 0 Å². The summed E-state index contributed by atoms with van der Waals surface area (Å²) in [5.41, 5.74) is 8.32. The summed E-state index contributed by atoms with van der Waals surface area (Å²) < 4.78 is 5.05. The number of nitrogens with two attached hydrogens (primary N) is 1. The molecule has 1 aromatic heterocycles. The number of pyridine rings is 1. The van der Waals surface area contributed by atoms with Crippen LogP contribution in [0.3, 0.4) is 0 Å². The molecule has 0 saturated heterocycles. The van der Waals surface area contributed by atoms with Crippen LogP contribution in [0.1, 0.15) is 15.9 Å². The number of aryl methyl sites for hydroxylation is 1. The Labute approximate surface area is 111 Å². The first-order valence-corrected chi connectivity index (χ1v) is 5.77. The third-order valence-electron chi connectivity index (χ3n) is 2.76. The zero-order valence-electron chi connectivity index (χ0n) is 10.8. The summed E-state index contributed by atoms with van der Waals surface area (Å²) in [5, 5.41) is 2.82. The van der Waals surface area contributed by atoms with Crippen LogP contribution in [0.2, 0.25) is 0 Å². The van der Waals surface area contributed by atoms with E-state index in [-0.39, 0.29) is 5.91 Å². The predicted octanol–water partition coefficient (Wildman–Crippen LogP) is 2.23. The molecule has 0 atom stereocenters. The maximum Gasteiger partial charge on any atom is 0.255 e. The Bertz CT molecular complexity index is 611. The number of nitrogens with zero attached hydrogens (tertiary/aromatic N) is 1. The van der Waals surface area contributed by atoms with E-state index < -0.39 is 0 Å². The van der Waals surface area contributed by atoms with Gasteiger partial charge in [-0.25, -0.2) is 0 Å². The number of nitrogens with one attached hydrogen (secondary N) is 1. The molecule has 1 aromatic carbocycles. The summed E-state index contributed by atoms with van der Waals surface area (Å²) in [6.07, 6.45) is 3.32. The molecule has 5 heteroatoms. The predicted molar refractivity (Wildman–Crippen MR) is 74.3 cm³/mol. The lowest BCUT2D eigenvalue weighted by Gasteiger charge is -2.09. The lowest BCUT2D eigenvalue weighted by molar-refractivity contribution is 0.102. The van der Waals surface area contributed by atoms with Crippen molar-refractivity contribution in [2.45, 2.75) is 6.92 Å². The highest BCUT2D eigenvalue weighted by Crippen LogP contribution is 2.22. The number of benzene rings is 1. The van der Waals surface area contributed by atoms with E-state index in [9.17, 15) is 4.79 Å². The molecule has 2 aromatic rings. The first-order chi connectivity index (χ1) is 9.11. The molecule has 19 heavy (non-hydrogen) atoms. The molecule has 1 heterocycles. The summed E-state index contributed by atoms with van der Waals surface area (Å²) in [6, 6.07) is 6.68. The fourth-order valence-electron chi connectivity index (χ4n) is 1.68.